The van der Waals surface area contributed by atoms with Crippen LogP contribution in [0.3, 0.4) is 0 Å². The maximum atomic E-state index is 14.5. The largest absolute Gasteiger partial charge is 0.497 e. The lowest BCUT2D eigenvalue weighted by molar-refractivity contribution is -0.137. The molecule has 1 saturated carbocycles. The molecule has 438 valence electrons. The van der Waals surface area contributed by atoms with Crippen LogP contribution in [0.4, 0.5) is 5.69 Å². The molecule has 18 nitrogen and oxygen atoms in total. The number of carbonyl (C=O) groups is 4. The third kappa shape index (κ3) is 14.4. The van der Waals surface area contributed by atoms with Gasteiger partial charge in [0.05, 0.1) is 43.2 Å². The van der Waals surface area contributed by atoms with E-state index in [1.165, 1.54) is 0 Å². The summed E-state index contributed by atoms with van der Waals surface area (Å²) in [6.07, 6.45) is 13.2. The van der Waals surface area contributed by atoms with E-state index in [0.717, 1.165) is 161 Å². The number of aromatic nitrogens is 3. The highest BCUT2D eigenvalue weighted by molar-refractivity contribution is 5.98. The number of carbonyl (C=O) groups excluding carboxylic acids is 4. The number of fused-ring (bicyclic) bond motifs is 1. The molecule has 5 aromatic rings. The van der Waals surface area contributed by atoms with Crippen molar-refractivity contribution in [2.24, 2.45) is 11.8 Å². The lowest BCUT2D eigenvalue weighted by Crippen LogP contribution is -2.57. The van der Waals surface area contributed by atoms with E-state index < -0.39 is 6.04 Å². The lowest BCUT2D eigenvalue weighted by Gasteiger charge is -2.41. The molecule has 10 rings (SSSR count). The van der Waals surface area contributed by atoms with Crippen LogP contribution in [0.2, 0.25) is 0 Å². The molecule has 2 aromatic carbocycles. The van der Waals surface area contributed by atoms with Gasteiger partial charge in [-0.2, -0.15) is 0 Å². The number of hydrogen-bond acceptors (Lipinski definition) is 13. The Kier molecular flexibility index (Phi) is 19.3. The third-order valence-corrected chi connectivity index (χ3v) is 17.7. The number of likely N-dealkylation sites (tertiary alicyclic amines) is 2. The normalized spacial score (nSPS) is 19.4. The Bertz CT molecular complexity index is 3030. The number of aromatic amines is 1. The first-order chi connectivity index (χ1) is 39.5. The number of pyridine rings is 3. The summed E-state index contributed by atoms with van der Waals surface area (Å²) in [4.78, 5) is 93.6. The second kappa shape index (κ2) is 27.3. The van der Waals surface area contributed by atoms with Crippen molar-refractivity contribution >= 4 is 40.3 Å². The number of anilines is 1. The van der Waals surface area contributed by atoms with Gasteiger partial charge >= 0.3 is 0 Å². The van der Waals surface area contributed by atoms with Gasteiger partial charge in [0.15, 0.2) is 0 Å². The van der Waals surface area contributed by atoms with Gasteiger partial charge in [-0.05, 0) is 117 Å². The highest BCUT2D eigenvalue weighted by Crippen LogP contribution is 2.31. The maximum absolute atomic E-state index is 14.5. The van der Waals surface area contributed by atoms with Crippen LogP contribution in [0.5, 0.6) is 11.5 Å². The summed E-state index contributed by atoms with van der Waals surface area (Å²) in [7, 11) is 1.63. The molecule has 1 aliphatic carbocycles. The topological polar surface area (TPSA) is 189 Å². The minimum absolute atomic E-state index is 0. The van der Waals surface area contributed by atoms with Crippen LogP contribution in [0, 0.1) is 11.8 Å². The number of ether oxygens (including phenoxy) is 2. The minimum Gasteiger partial charge on any atom is -0.497 e. The Morgan fingerprint density at radius 3 is 2.28 bits per heavy atom. The fraction of sp³-hybridized carbons (Fsp3) is 0.540. The van der Waals surface area contributed by atoms with Crippen LogP contribution in [0.15, 0.2) is 83.9 Å². The van der Waals surface area contributed by atoms with Crippen molar-refractivity contribution in [1.29, 1.82) is 0 Å². The van der Waals surface area contributed by atoms with Gasteiger partial charge < -0.3 is 44.7 Å². The highest BCUT2D eigenvalue weighted by Gasteiger charge is 2.36. The number of hydrogen-bond donors (Lipinski definition) is 3. The summed E-state index contributed by atoms with van der Waals surface area (Å²) in [6, 6.07) is 20.7. The van der Waals surface area contributed by atoms with Crippen molar-refractivity contribution in [3.8, 4) is 11.5 Å². The second-order valence-corrected chi connectivity index (χ2v) is 22.9. The second-order valence-electron chi connectivity index (χ2n) is 22.9. The highest BCUT2D eigenvalue weighted by atomic mass is 16.5. The molecular formula is C63H89N11O7. The van der Waals surface area contributed by atoms with E-state index in [1.807, 2.05) is 102 Å². The zero-order valence-corrected chi connectivity index (χ0v) is 47.8. The van der Waals surface area contributed by atoms with Crippen molar-refractivity contribution < 1.29 is 32.9 Å². The van der Waals surface area contributed by atoms with Gasteiger partial charge in [0.2, 0.25) is 11.8 Å². The monoisotopic (exact) mass is 1110 g/mol. The predicted octanol–water partition coefficient (Wildman–Crippen LogP) is 7.22. The van der Waals surface area contributed by atoms with Crippen molar-refractivity contribution in [1.82, 2.24) is 50.1 Å². The van der Waals surface area contributed by atoms with E-state index in [4.69, 9.17) is 9.47 Å². The Morgan fingerprint density at radius 2 is 1.54 bits per heavy atom. The van der Waals surface area contributed by atoms with Crippen LogP contribution in [0.25, 0.3) is 11.0 Å². The van der Waals surface area contributed by atoms with E-state index in [-0.39, 0.29) is 51.8 Å². The average Bonchev–Trinajstić information content (AvgIpc) is 3.57. The van der Waals surface area contributed by atoms with Crippen molar-refractivity contribution in [3.63, 3.8) is 0 Å². The van der Waals surface area contributed by atoms with Crippen LogP contribution >= 0.6 is 0 Å². The number of rotatable bonds is 19. The molecule has 0 spiro atoms. The summed E-state index contributed by atoms with van der Waals surface area (Å²) < 4.78 is 11.2. The molecule has 1 unspecified atom stereocenters. The number of nitrogens with zero attached hydrogens (tertiary/aromatic N) is 8. The number of benzene rings is 2. The SMILES string of the molecule is CCOc1cc(OC)ccc1CNCC(=O)N1CCCC(c2cccc(C(=O)N[C@H](C(=O)N3CCN(CC4CCN(C(=O)c5ccc(N6CCN(Cc7cnc8cc(CC)c(=O)[nH]c8c7)CC6)cn5)CC4)CC3)C3CCCCC3)c2)C1.[HH].[HH].[HH]. The molecule has 4 saturated heterocycles. The average molecular weight is 1110 g/mol. The Labute approximate surface area is 481 Å². The number of piperidine rings is 2. The molecule has 7 heterocycles. The van der Waals surface area contributed by atoms with Crippen molar-refractivity contribution in [3.05, 3.63) is 123 Å². The van der Waals surface area contributed by atoms with E-state index in [9.17, 15) is 24.0 Å². The zero-order valence-electron chi connectivity index (χ0n) is 47.8. The first kappa shape index (κ1) is 57.3. The molecule has 4 amide bonds. The molecular weight excluding hydrogens is 1020 g/mol. The molecule has 4 aliphatic heterocycles. The van der Waals surface area contributed by atoms with Gasteiger partial charge in [0.25, 0.3) is 17.4 Å². The number of H-pyrrole nitrogens is 1. The summed E-state index contributed by atoms with van der Waals surface area (Å²) in [5.41, 5.74) is 7.39. The predicted molar refractivity (Wildman–Crippen MR) is 320 cm³/mol. The molecule has 3 N–H and O–H groups in total. The van der Waals surface area contributed by atoms with Gasteiger partial charge in [0, 0.05) is 137 Å². The first-order valence-corrected chi connectivity index (χ1v) is 30.0. The summed E-state index contributed by atoms with van der Waals surface area (Å²) >= 11 is 0. The lowest BCUT2D eigenvalue weighted by atomic mass is 9.83. The van der Waals surface area contributed by atoms with Gasteiger partial charge in [-0.25, -0.2) is 4.98 Å². The number of aryl methyl sites for hydroxylation is 1. The van der Waals surface area contributed by atoms with Crippen molar-refractivity contribution in [2.45, 2.75) is 103 Å². The number of methoxy groups -OCH3 is 1. The fourth-order valence-corrected chi connectivity index (χ4v) is 12.8. The summed E-state index contributed by atoms with van der Waals surface area (Å²) in [5.74, 6) is 1.95. The number of nitrogens with one attached hydrogen (secondary N) is 3. The van der Waals surface area contributed by atoms with Crippen LogP contribution in [-0.2, 0) is 29.1 Å². The number of piperazine rings is 2. The van der Waals surface area contributed by atoms with E-state index in [1.54, 1.807) is 7.11 Å². The quantitative estimate of drug-likeness (QED) is 0.0753. The standard InChI is InChI=1S/C63H83N11O7.3H2/c1-4-46-35-55-56(67-60(46)76)33-45(37-65-55)42-70-25-29-71(30-26-70)52-17-19-54(66-39-52)62(78)72-23-20-44(21-24-72)41-69-27-31-73(32-28-69)63(79)59(47-11-7-6-8-12-47)68-61(77)49-14-9-13-48(34-49)51-15-10-22-74(43-51)58(75)40-64-38-50-16-18-53(80-3)36-57(50)81-5-2;;;/h9,13-14,16-19,33-37,39,44,47,51,59,64H,4-8,10-12,15,20-32,38,40-43H2,1-3H3,(H,67,76)(H,68,77);3*1H/t51?,59-;;;/m0.../s1. The molecule has 18 heteroatoms. The fourth-order valence-electron chi connectivity index (χ4n) is 12.8. The van der Waals surface area contributed by atoms with Crippen molar-refractivity contribution in [2.75, 3.05) is 110 Å². The number of amides is 4. The Morgan fingerprint density at radius 1 is 0.753 bits per heavy atom. The van der Waals surface area contributed by atoms with E-state index in [2.05, 4.69) is 46.4 Å². The van der Waals surface area contributed by atoms with Crippen LogP contribution < -0.4 is 30.6 Å². The van der Waals surface area contributed by atoms with Gasteiger partial charge in [-0.15, -0.1) is 0 Å². The molecule has 3 aromatic heterocycles. The van der Waals surface area contributed by atoms with Crippen LogP contribution in [-0.4, -0.2) is 174 Å². The Hall–Kier alpha value is -6.89. The molecule has 5 aliphatic rings. The maximum Gasteiger partial charge on any atom is 0.272 e. The van der Waals surface area contributed by atoms with Gasteiger partial charge in [0.1, 0.15) is 23.2 Å². The summed E-state index contributed by atoms with van der Waals surface area (Å²) in [6.45, 7) is 15.8. The first-order valence-electron chi connectivity index (χ1n) is 30.0. The Balaban J connectivity index is 0.00000337. The molecule has 2 atom stereocenters. The van der Waals surface area contributed by atoms with Crippen LogP contribution in [0.1, 0.15) is 125 Å². The molecule has 5 fully saturated rings. The summed E-state index contributed by atoms with van der Waals surface area (Å²) in [5, 5.41) is 6.58. The zero-order chi connectivity index (χ0) is 56.2. The third-order valence-electron chi connectivity index (χ3n) is 17.7. The minimum atomic E-state index is -0.579. The smallest absolute Gasteiger partial charge is 0.272 e. The van der Waals surface area contributed by atoms with E-state index in [0.29, 0.717) is 76.0 Å². The van der Waals surface area contributed by atoms with E-state index >= 15 is 0 Å². The molecule has 0 bridgehead atoms. The molecule has 0 radical (unpaired) electrons. The van der Waals surface area contributed by atoms with Gasteiger partial charge in [-0.1, -0.05) is 44.4 Å². The molecule has 81 heavy (non-hydrogen) atoms. The van der Waals surface area contributed by atoms with Gasteiger partial charge in [-0.3, -0.25) is 38.8 Å².